The molecule has 4 N–H and O–H groups in total. The summed E-state index contributed by atoms with van der Waals surface area (Å²) >= 11 is 1.52. The second-order valence-electron chi connectivity index (χ2n) is 3.81. The van der Waals surface area contributed by atoms with Crippen LogP contribution in [0.1, 0.15) is 0 Å². The fourth-order valence-electron chi connectivity index (χ4n) is 1.54. The van der Waals surface area contributed by atoms with E-state index in [4.69, 9.17) is 15.6 Å². The van der Waals surface area contributed by atoms with Crippen molar-refractivity contribution in [3.8, 4) is 11.5 Å². The third kappa shape index (κ3) is 3.55. The Morgan fingerprint density at radius 1 is 1.35 bits per heavy atom. The Hall–Kier alpha value is -2.41. The number of nitrogens with two attached hydrogens (primary N) is 1. The number of rotatable bonds is 4. The molecule has 6 nitrogen and oxygen atoms in total. The van der Waals surface area contributed by atoms with Gasteiger partial charge in [0, 0.05) is 22.8 Å². The number of amides is 1. The van der Waals surface area contributed by atoms with Crippen molar-refractivity contribution in [3.05, 3.63) is 36.5 Å². The standard InChI is InChI=1S/C13H13N3O3S/c1-20-11-6-8(2-3-10(11)14)19-9-4-5-15-12(7-9)16-13(17)18/h2-7H,14H2,1H3,(H,15,16)(H,17,18). The summed E-state index contributed by atoms with van der Waals surface area (Å²) < 4.78 is 5.66. The van der Waals surface area contributed by atoms with Crippen molar-refractivity contribution < 1.29 is 14.6 Å². The van der Waals surface area contributed by atoms with Crippen molar-refractivity contribution in [1.82, 2.24) is 4.98 Å². The molecule has 0 spiro atoms. The van der Waals surface area contributed by atoms with Crippen LogP contribution in [0.3, 0.4) is 0 Å². The van der Waals surface area contributed by atoms with E-state index < -0.39 is 6.09 Å². The van der Waals surface area contributed by atoms with Crippen LogP contribution in [0.25, 0.3) is 0 Å². The number of hydrogen-bond acceptors (Lipinski definition) is 5. The van der Waals surface area contributed by atoms with Crippen LogP contribution in [0.15, 0.2) is 41.4 Å². The predicted molar refractivity (Wildman–Crippen MR) is 78.6 cm³/mol. The fourth-order valence-corrected chi connectivity index (χ4v) is 2.08. The van der Waals surface area contributed by atoms with Crippen molar-refractivity contribution in [2.75, 3.05) is 17.3 Å². The lowest BCUT2D eigenvalue weighted by atomic mass is 10.3. The van der Waals surface area contributed by atoms with Gasteiger partial charge in [-0.3, -0.25) is 5.32 Å². The van der Waals surface area contributed by atoms with Crippen molar-refractivity contribution in [2.45, 2.75) is 4.90 Å². The van der Waals surface area contributed by atoms with E-state index >= 15 is 0 Å². The Bertz CT molecular complexity index is 634. The molecule has 0 radical (unpaired) electrons. The molecule has 0 unspecified atom stereocenters. The van der Waals surface area contributed by atoms with Crippen molar-refractivity contribution in [2.24, 2.45) is 0 Å². The number of carbonyl (C=O) groups is 1. The Balaban J connectivity index is 2.19. The number of ether oxygens (including phenoxy) is 1. The number of thioether (sulfide) groups is 1. The first-order chi connectivity index (χ1) is 9.58. The lowest BCUT2D eigenvalue weighted by Crippen LogP contribution is -2.08. The molecule has 0 bridgehead atoms. The second-order valence-corrected chi connectivity index (χ2v) is 4.66. The first kappa shape index (κ1) is 14.0. The van der Waals surface area contributed by atoms with Crippen LogP contribution in [-0.2, 0) is 0 Å². The van der Waals surface area contributed by atoms with E-state index in [-0.39, 0.29) is 5.82 Å². The highest BCUT2D eigenvalue weighted by atomic mass is 32.2. The van der Waals surface area contributed by atoms with Crippen LogP contribution in [0.5, 0.6) is 11.5 Å². The predicted octanol–water partition coefficient (Wildman–Crippen LogP) is 3.27. The number of carboxylic acid groups (broad SMARTS) is 1. The zero-order valence-corrected chi connectivity index (χ0v) is 11.5. The molecule has 1 aromatic heterocycles. The average Bonchev–Trinajstić information content (AvgIpc) is 2.40. The van der Waals surface area contributed by atoms with Gasteiger partial charge in [-0.2, -0.15) is 0 Å². The number of aromatic nitrogens is 1. The molecular formula is C13H13N3O3S. The minimum atomic E-state index is -1.17. The number of benzene rings is 1. The molecule has 0 atom stereocenters. The van der Waals surface area contributed by atoms with Gasteiger partial charge < -0.3 is 15.6 Å². The topological polar surface area (TPSA) is 97.5 Å². The molecule has 0 aliphatic carbocycles. The van der Waals surface area contributed by atoms with Crippen molar-refractivity contribution >= 4 is 29.4 Å². The van der Waals surface area contributed by atoms with E-state index in [1.807, 2.05) is 12.3 Å². The first-order valence-corrected chi connectivity index (χ1v) is 6.88. The van der Waals surface area contributed by atoms with E-state index in [1.54, 1.807) is 18.2 Å². The Morgan fingerprint density at radius 3 is 2.80 bits per heavy atom. The number of pyridine rings is 1. The van der Waals surface area contributed by atoms with Crippen LogP contribution >= 0.6 is 11.8 Å². The summed E-state index contributed by atoms with van der Waals surface area (Å²) in [5.74, 6) is 1.31. The largest absolute Gasteiger partial charge is 0.465 e. The normalized spacial score (nSPS) is 10.1. The minimum Gasteiger partial charge on any atom is -0.465 e. The summed E-state index contributed by atoms with van der Waals surface area (Å²) in [5.41, 5.74) is 6.50. The molecule has 2 rings (SSSR count). The third-order valence-corrected chi connectivity index (χ3v) is 3.20. The van der Waals surface area contributed by atoms with Gasteiger partial charge in [-0.1, -0.05) is 0 Å². The summed E-state index contributed by atoms with van der Waals surface area (Å²) in [4.78, 5) is 15.3. The van der Waals surface area contributed by atoms with Gasteiger partial charge in [0.05, 0.1) is 0 Å². The number of nitrogen functional groups attached to an aromatic ring is 1. The third-order valence-electron chi connectivity index (χ3n) is 2.41. The molecule has 1 amide bonds. The maximum absolute atomic E-state index is 10.6. The van der Waals surface area contributed by atoms with Gasteiger partial charge in [0.2, 0.25) is 0 Å². The lowest BCUT2D eigenvalue weighted by Gasteiger charge is -2.09. The highest BCUT2D eigenvalue weighted by molar-refractivity contribution is 7.98. The van der Waals surface area contributed by atoms with Gasteiger partial charge in [-0.05, 0) is 30.5 Å². The van der Waals surface area contributed by atoms with Crippen LogP contribution in [0, 0.1) is 0 Å². The van der Waals surface area contributed by atoms with Gasteiger partial charge in [-0.15, -0.1) is 11.8 Å². The average molecular weight is 291 g/mol. The van der Waals surface area contributed by atoms with E-state index in [9.17, 15) is 4.79 Å². The lowest BCUT2D eigenvalue weighted by molar-refractivity contribution is 0.209. The van der Waals surface area contributed by atoms with Gasteiger partial charge in [-0.25, -0.2) is 9.78 Å². The minimum absolute atomic E-state index is 0.204. The summed E-state index contributed by atoms with van der Waals surface area (Å²) in [6.45, 7) is 0. The molecule has 0 aliphatic heterocycles. The highest BCUT2D eigenvalue weighted by Crippen LogP contribution is 2.30. The molecule has 7 heteroatoms. The SMILES string of the molecule is CSc1cc(Oc2ccnc(NC(=O)O)c2)ccc1N. The zero-order valence-electron chi connectivity index (χ0n) is 10.7. The number of hydrogen-bond donors (Lipinski definition) is 3. The van der Waals surface area contributed by atoms with Gasteiger partial charge >= 0.3 is 6.09 Å². The molecule has 1 heterocycles. The molecular weight excluding hydrogens is 278 g/mol. The molecule has 0 fully saturated rings. The smallest absolute Gasteiger partial charge is 0.410 e. The molecule has 0 saturated carbocycles. The van der Waals surface area contributed by atoms with Gasteiger partial charge in [0.15, 0.2) is 0 Å². The maximum atomic E-state index is 10.6. The zero-order chi connectivity index (χ0) is 14.5. The molecule has 0 saturated heterocycles. The Labute approximate surface area is 120 Å². The van der Waals surface area contributed by atoms with Crippen molar-refractivity contribution in [3.63, 3.8) is 0 Å². The maximum Gasteiger partial charge on any atom is 0.410 e. The molecule has 2 aromatic rings. The molecule has 104 valence electrons. The van der Waals surface area contributed by atoms with Crippen LogP contribution in [0.4, 0.5) is 16.3 Å². The molecule has 1 aromatic carbocycles. The van der Waals surface area contributed by atoms with E-state index in [2.05, 4.69) is 10.3 Å². The monoisotopic (exact) mass is 291 g/mol. The van der Waals surface area contributed by atoms with Crippen LogP contribution in [0.2, 0.25) is 0 Å². The van der Waals surface area contributed by atoms with Crippen LogP contribution < -0.4 is 15.8 Å². The number of nitrogens with zero attached hydrogens (tertiary/aromatic N) is 1. The molecule has 20 heavy (non-hydrogen) atoms. The fraction of sp³-hybridized carbons (Fsp3) is 0.0769. The second kappa shape index (κ2) is 6.16. The van der Waals surface area contributed by atoms with E-state index in [0.717, 1.165) is 4.90 Å². The molecule has 0 aliphatic rings. The first-order valence-electron chi connectivity index (χ1n) is 5.66. The highest BCUT2D eigenvalue weighted by Gasteiger charge is 2.05. The summed E-state index contributed by atoms with van der Waals surface area (Å²) in [7, 11) is 0. The Kier molecular flexibility index (Phi) is 4.31. The van der Waals surface area contributed by atoms with Crippen LogP contribution in [-0.4, -0.2) is 22.4 Å². The number of nitrogens with one attached hydrogen (secondary N) is 1. The van der Waals surface area contributed by atoms with Crippen molar-refractivity contribution in [1.29, 1.82) is 0 Å². The quantitative estimate of drug-likeness (QED) is 0.591. The van der Waals surface area contributed by atoms with Gasteiger partial charge in [0.25, 0.3) is 0 Å². The summed E-state index contributed by atoms with van der Waals surface area (Å²) in [6, 6.07) is 8.48. The number of anilines is 2. The summed E-state index contributed by atoms with van der Waals surface area (Å²) in [6.07, 6.45) is 2.22. The Morgan fingerprint density at radius 2 is 2.10 bits per heavy atom. The van der Waals surface area contributed by atoms with Gasteiger partial charge in [0.1, 0.15) is 17.3 Å². The summed E-state index contributed by atoms with van der Waals surface area (Å²) in [5, 5.41) is 10.8. The van der Waals surface area contributed by atoms with E-state index in [0.29, 0.717) is 17.2 Å². The van der Waals surface area contributed by atoms with E-state index in [1.165, 1.54) is 24.0 Å².